The van der Waals surface area contributed by atoms with Crippen molar-refractivity contribution in [3.05, 3.63) is 29.8 Å². The summed E-state index contributed by atoms with van der Waals surface area (Å²) in [5.74, 6) is 0. The maximum Gasteiger partial charge on any atom is 0.302 e. The molecule has 0 amide bonds. The summed E-state index contributed by atoms with van der Waals surface area (Å²) < 4.78 is 28.4. The Morgan fingerprint density at radius 3 is 2.78 bits per heavy atom. The highest BCUT2D eigenvalue weighted by Crippen LogP contribution is 2.28. The van der Waals surface area contributed by atoms with Crippen LogP contribution in [-0.4, -0.2) is 31.9 Å². The van der Waals surface area contributed by atoms with Gasteiger partial charge in [-0.1, -0.05) is 18.2 Å². The largest absolute Gasteiger partial charge is 0.315 e. The molecule has 18 heavy (non-hydrogen) atoms. The summed E-state index contributed by atoms with van der Waals surface area (Å²) in [5, 5.41) is 3.20. The molecular formula is C11H16ClN3O2S. The van der Waals surface area contributed by atoms with E-state index in [2.05, 4.69) is 10.0 Å². The monoisotopic (exact) mass is 289 g/mol. The van der Waals surface area contributed by atoms with E-state index in [4.69, 9.17) is 0 Å². The molecule has 1 fully saturated rings. The molecular weight excluding hydrogens is 274 g/mol. The van der Waals surface area contributed by atoms with Crippen LogP contribution in [0.5, 0.6) is 0 Å². The smallest absolute Gasteiger partial charge is 0.302 e. The number of rotatable bonds is 1. The Bertz CT molecular complexity index is 529. The molecule has 100 valence electrons. The van der Waals surface area contributed by atoms with E-state index in [0.717, 1.165) is 25.1 Å². The van der Waals surface area contributed by atoms with Gasteiger partial charge in [0.2, 0.25) is 0 Å². The summed E-state index contributed by atoms with van der Waals surface area (Å²) in [4.78, 5) is 0. The summed E-state index contributed by atoms with van der Waals surface area (Å²) in [6, 6.07) is 7.61. The number of halogens is 1. The first kappa shape index (κ1) is 13.6. The number of nitrogens with one attached hydrogen (secondary N) is 2. The molecule has 1 aromatic carbocycles. The van der Waals surface area contributed by atoms with Crippen molar-refractivity contribution in [1.29, 1.82) is 0 Å². The van der Waals surface area contributed by atoms with Gasteiger partial charge in [-0.3, -0.25) is 4.72 Å². The van der Waals surface area contributed by atoms with Gasteiger partial charge in [0.1, 0.15) is 0 Å². The van der Waals surface area contributed by atoms with Crippen LogP contribution < -0.4 is 10.0 Å². The lowest BCUT2D eigenvalue weighted by Crippen LogP contribution is -2.46. The summed E-state index contributed by atoms with van der Waals surface area (Å²) in [5.41, 5.74) is 1.74. The predicted octanol–water partition coefficient (Wildman–Crippen LogP) is 0.943. The molecule has 0 spiro atoms. The molecule has 0 aromatic heterocycles. The van der Waals surface area contributed by atoms with E-state index in [-0.39, 0.29) is 18.4 Å². The van der Waals surface area contributed by atoms with Crippen LogP contribution >= 0.6 is 12.4 Å². The maximum atomic E-state index is 12.1. The fourth-order valence-corrected chi connectivity index (χ4v) is 3.89. The Morgan fingerprint density at radius 2 is 2.06 bits per heavy atom. The molecule has 1 atom stereocenters. The van der Waals surface area contributed by atoms with Crippen molar-refractivity contribution in [1.82, 2.24) is 9.62 Å². The fourth-order valence-electron chi connectivity index (χ4n) is 2.42. The van der Waals surface area contributed by atoms with E-state index in [1.165, 1.54) is 0 Å². The van der Waals surface area contributed by atoms with Gasteiger partial charge in [-0.2, -0.15) is 12.7 Å². The van der Waals surface area contributed by atoms with Gasteiger partial charge >= 0.3 is 10.2 Å². The predicted molar refractivity (Wildman–Crippen MR) is 73.1 cm³/mol. The van der Waals surface area contributed by atoms with Crippen LogP contribution in [0.1, 0.15) is 12.0 Å². The third kappa shape index (κ3) is 2.33. The van der Waals surface area contributed by atoms with Crippen LogP contribution in [0.2, 0.25) is 0 Å². The third-order valence-electron chi connectivity index (χ3n) is 3.33. The number of fused-ring (bicyclic) bond motifs is 1. The zero-order valence-corrected chi connectivity index (χ0v) is 11.4. The first-order valence-electron chi connectivity index (χ1n) is 5.75. The standard InChI is InChI=1S/C11H15N3O2S.ClH/c15-17(16)13-11-4-2-1-3-9(11)8-14(17)10-5-6-12-7-10;/h1-4,10,12-13H,5-8H2;1H/t10-;/m1./s1. The van der Waals surface area contributed by atoms with Crippen LogP contribution in [0.15, 0.2) is 24.3 Å². The van der Waals surface area contributed by atoms with Crippen LogP contribution in [0, 0.1) is 0 Å². The van der Waals surface area contributed by atoms with E-state index in [9.17, 15) is 8.42 Å². The van der Waals surface area contributed by atoms with Gasteiger partial charge in [0.25, 0.3) is 0 Å². The lowest BCUT2D eigenvalue weighted by molar-refractivity contribution is 0.328. The zero-order valence-electron chi connectivity index (χ0n) is 9.80. The van der Waals surface area contributed by atoms with Crippen LogP contribution in [0.3, 0.4) is 0 Å². The second-order valence-electron chi connectivity index (χ2n) is 4.46. The third-order valence-corrected chi connectivity index (χ3v) is 4.86. The average molecular weight is 290 g/mol. The van der Waals surface area contributed by atoms with Gasteiger partial charge in [0.15, 0.2) is 0 Å². The lowest BCUT2D eigenvalue weighted by atomic mass is 10.1. The van der Waals surface area contributed by atoms with Gasteiger partial charge in [0, 0.05) is 19.1 Å². The lowest BCUT2D eigenvalue weighted by Gasteiger charge is -2.32. The summed E-state index contributed by atoms with van der Waals surface area (Å²) in [6.45, 7) is 2.10. The highest BCUT2D eigenvalue weighted by Gasteiger charge is 2.35. The van der Waals surface area contributed by atoms with Crippen molar-refractivity contribution in [3.63, 3.8) is 0 Å². The molecule has 2 aliphatic rings. The second-order valence-corrected chi connectivity index (χ2v) is 6.08. The minimum absolute atomic E-state index is 0. The van der Waals surface area contributed by atoms with Crippen molar-refractivity contribution in [3.8, 4) is 0 Å². The van der Waals surface area contributed by atoms with E-state index in [1.54, 1.807) is 10.4 Å². The number of anilines is 1. The Kier molecular flexibility index (Phi) is 3.82. The minimum atomic E-state index is -3.38. The van der Waals surface area contributed by atoms with Gasteiger partial charge in [-0.25, -0.2) is 0 Å². The van der Waals surface area contributed by atoms with E-state index >= 15 is 0 Å². The van der Waals surface area contributed by atoms with Gasteiger partial charge in [0.05, 0.1) is 5.69 Å². The molecule has 0 unspecified atom stereocenters. The summed E-state index contributed by atoms with van der Waals surface area (Å²) in [7, 11) is -3.38. The Balaban J connectivity index is 0.00000120. The van der Waals surface area contributed by atoms with Crippen molar-refractivity contribution in [2.24, 2.45) is 0 Å². The summed E-state index contributed by atoms with van der Waals surface area (Å²) >= 11 is 0. The van der Waals surface area contributed by atoms with Gasteiger partial charge < -0.3 is 5.32 Å². The van der Waals surface area contributed by atoms with E-state index in [1.807, 2.05) is 18.2 Å². The van der Waals surface area contributed by atoms with Crippen molar-refractivity contribution in [2.75, 3.05) is 17.8 Å². The molecule has 7 heteroatoms. The van der Waals surface area contributed by atoms with Crippen LogP contribution in [0.25, 0.3) is 0 Å². The molecule has 0 bridgehead atoms. The molecule has 0 radical (unpaired) electrons. The molecule has 1 saturated heterocycles. The Morgan fingerprint density at radius 1 is 1.28 bits per heavy atom. The first-order valence-corrected chi connectivity index (χ1v) is 7.19. The van der Waals surface area contributed by atoms with Crippen molar-refractivity contribution >= 4 is 28.3 Å². The topological polar surface area (TPSA) is 61.4 Å². The SMILES string of the molecule is Cl.O=S1(=O)Nc2ccccc2CN1[C@@H]1CCNC1. The molecule has 2 heterocycles. The van der Waals surface area contributed by atoms with Gasteiger partial charge in [-0.05, 0) is 24.6 Å². The van der Waals surface area contributed by atoms with Crippen molar-refractivity contribution < 1.29 is 8.42 Å². The van der Waals surface area contributed by atoms with Crippen LogP contribution in [-0.2, 0) is 16.8 Å². The zero-order chi connectivity index (χ0) is 11.9. The Labute approximate surface area is 113 Å². The molecule has 3 rings (SSSR count). The first-order chi connectivity index (χ1) is 8.17. The molecule has 0 saturated carbocycles. The molecule has 0 aliphatic carbocycles. The fraction of sp³-hybridized carbons (Fsp3) is 0.455. The molecule has 5 nitrogen and oxygen atoms in total. The molecule has 1 aromatic rings. The Hall–Kier alpha value is -0.820. The number of nitrogens with zero attached hydrogens (tertiary/aromatic N) is 1. The number of benzene rings is 1. The molecule has 2 N–H and O–H groups in total. The van der Waals surface area contributed by atoms with Gasteiger partial charge in [-0.15, -0.1) is 12.4 Å². The molecule has 2 aliphatic heterocycles. The van der Waals surface area contributed by atoms with Crippen LogP contribution in [0.4, 0.5) is 5.69 Å². The van der Waals surface area contributed by atoms with E-state index < -0.39 is 10.2 Å². The van der Waals surface area contributed by atoms with Crippen molar-refractivity contribution in [2.45, 2.75) is 19.0 Å². The minimum Gasteiger partial charge on any atom is -0.315 e. The normalized spacial score (nSPS) is 25.9. The average Bonchev–Trinajstić information content (AvgIpc) is 2.80. The highest BCUT2D eigenvalue weighted by molar-refractivity contribution is 7.90. The number of para-hydroxylation sites is 1. The summed E-state index contributed by atoms with van der Waals surface area (Å²) in [6.07, 6.45) is 0.878. The quantitative estimate of drug-likeness (QED) is 0.809. The van der Waals surface area contributed by atoms with E-state index in [0.29, 0.717) is 12.2 Å². The maximum absolute atomic E-state index is 12.1. The second kappa shape index (κ2) is 5.05. The highest BCUT2D eigenvalue weighted by atomic mass is 35.5. The number of hydrogen-bond acceptors (Lipinski definition) is 3. The number of hydrogen-bond donors (Lipinski definition) is 2.